The summed E-state index contributed by atoms with van der Waals surface area (Å²) in [7, 11) is 10.6. The number of aliphatic hydroxyl groups excluding tert-OH is 1. The molecule has 5 aliphatic rings. The molecule has 0 aliphatic carbocycles. The summed E-state index contributed by atoms with van der Waals surface area (Å²) in [5.74, 6) is 0. The van der Waals surface area contributed by atoms with Crippen LogP contribution in [0.25, 0.3) is 0 Å². The van der Waals surface area contributed by atoms with E-state index in [0.29, 0.717) is 18.1 Å². The Morgan fingerprint density at radius 1 is 0.600 bits per heavy atom. The lowest BCUT2D eigenvalue weighted by molar-refractivity contribution is 0.0846. The maximum absolute atomic E-state index is 9.04. The number of H-pyrrole nitrogens is 1. The zero-order chi connectivity index (χ0) is 46.7. The Morgan fingerprint density at radius 3 is 1.37 bits per heavy atom. The smallest absolute Gasteiger partial charge is 0.205 e. The number of likely N-dealkylation sites (N-methyl/N-ethyl adjacent to an activating group) is 2. The van der Waals surface area contributed by atoms with Gasteiger partial charge in [0.1, 0.15) is 7.28 Å². The Bertz CT molecular complexity index is 1700. The number of alkyl halides is 1. The standard InChI is InChI=1S/C10H17BN3.C10H17N3.C9H15N3.C6H12BrN.C6H13NO.C4H6N2.C2H6B.2CH4.4H3P/c1-9-6-13(8-12-9)10-4-3-5-14(7-10)11-2;1-9-6-13(8-11-9)10-4-3-5-12(2)7-10;1-8-6-12(7-11-8)9-3-2-4-10-5-9;1-8-4-2-3-6(7)5-8;1-7-4-2-3-6(8)5-7;1-4-2-5-3-6-4;1-3-2;;;;;;/h6,8,10H,3-5,7H2,1-2H3;6,8,10H,3-5,7H2,1-2H3;6-7,9-10H,2-5H2,1H3;6H,2-5H2,1H3;6,8H,2-5H2,1H3;2-3H,1H3,(H,5,6);1-2H3;2*1H4;4*1H3. The molecule has 9 heterocycles. The van der Waals surface area contributed by atoms with Gasteiger partial charge in [-0.2, -0.15) is 39.6 Å². The molecule has 21 heteroatoms. The monoisotopic (exact) mass is 1120 g/mol. The predicted molar refractivity (Wildman–Crippen MR) is 330 cm³/mol. The third kappa shape index (κ3) is 32.3. The molecular formula is C49H106B2BrN13OP4. The molecule has 5 saturated heterocycles. The Balaban J connectivity index is -0.000000369. The SMILES string of the molecule is C.C.CN1CCCC(Br)C1.CN1CCCC(O)C1.C[B]C.C[B]N1CCCC(n2cnc(C)c2)C1.Cc1cn(C2CCCN(C)C2)cn1.Cc1cn(C2CCCNC2)cn1.Cc1cnc[nH]1.P.P.P.P. The summed E-state index contributed by atoms with van der Waals surface area (Å²) in [6.07, 6.45) is 28.2. The first-order valence-corrected chi connectivity index (χ1v) is 25.0. The zero-order valence-electron chi connectivity index (χ0n) is 44.4. The second-order valence-corrected chi connectivity index (χ2v) is 19.7. The van der Waals surface area contributed by atoms with Gasteiger partial charge in [0.05, 0.1) is 48.5 Å². The summed E-state index contributed by atoms with van der Waals surface area (Å²) in [4.78, 5) is 29.5. The van der Waals surface area contributed by atoms with Gasteiger partial charge >= 0.3 is 0 Å². The molecule has 9 unspecified atom stereocenters. The van der Waals surface area contributed by atoms with Crippen molar-refractivity contribution >= 4 is 70.2 Å². The van der Waals surface area contributed by atoms with Crippen molar-refractivity contribution in [2.24, 2.45) is 0 Å². The number of β-amino-alcohol motifs (C(OH)–C–C–N with tert-alkyl or cyclic N) is 1. The van der Waals surface area contributed by atoms with Gasteiger partial charge in [0.25, 0.3) is 0 Å². The molecule has 5 aliphatic heterocycles. The Hall–Kier alpha value is -1.07. The highest BCUT2D eigenvalue weighted by atomic mass is 79.9. The topological polar surface area (TPSA) is 127 Å². The highest BCUT2D eigenvalue weighted by molar-refractivity contribution is 9.09. The fourth-order valence-electron chi connectivity index (χ4n) is 8.42. The van der Waals surface area contributed by atoms with E-state index < -0.39 is 0 Å². The summed E-state index contributed by atoms with van der Waals surface area (Å²) in [5.41, 5.74) is 4.45. The van der Waals surface area contributed by atoms with E-state index in [-0.39, 0.29) is 60.6 Å². The molecule has 0 saturated carbocycles. The minimum atomic E-state index is -0.0613. The number of aromatic amines is 1. The molecule has 9 rings (SSSR count). The van der Waals surface area contributed by atoms with Gasteiger partial charge in [-0.05, 0) is 146 Å². The average Bonchev–Trinajstić information content (AvgIpc) is 4.13. The first kappa shape index (κ1) is 75.4. The molecule has 406 valence electrons. The molecule has 4 aromatic rings. The normalized spacial score (nSPS) is 22.0. The van der Waals surface area contributed by atoms with Crippen molar-refractivity contribution in [1.82, 2.24) is 63.4 Å². The summed E-state index contributed by atoms with van der Waals surface area (Å²) in [6.45, 7) is 25.7. The largest absolute Gasteiger partial charge is 0.392 e. The van der Waals surface area contributed by atoms with Crippen LogP contribution in [-0.4, -0.2) is 175 Å². The van der Waals surface area contributed by atoms with E-state index in [4.69, 9.17) is 5.11 Å². The Labute approximate surface area is 452 Å². The number of aromatic nitrogens is 8. The molecule has 3 N–H and O–H groups in total. The number of aryl methyl sites for hydroxylation is 4. The van der Waals surface area contributed by atoms with Gasteiger partial charge < -0.3 is 48.6 Å². The Morgan fingerprint density at radius 2 is 1.04 bits per heavy atom. The number of likely N-dealkylation sites (tertiary alicyclic amines) is 3. The van der Waals surface area contributed by atoms with E-state index in [1.54, 1.807) is 12.5 Å². The van der Waals surface area contributed by atoms with Crippen molar-refractivity contribution in [3.8, 4) is 0 Å². The fraction of sp³-hybridized carbons (Fsp3) is 0.755. The van der Waals surface area contributed by atoms with E-state index in [0.717, 1.165) is 73.2 Å². The van der Waals surface area contributed by atoms with Crippen molar-refractivity contribution in [2.75, 3.05) is 86.6 Å². The molecule has 0 aromatic carbocycles. The number of aliphatic hydroxyl groups is 1. The van der Waals surface area contributed by atoms with Crippen LogP contribution in [0.2, 0.25) is 20.5 Å². The fourth-order valence-corrected chi connectivity index (χ4v) is 9.24. The van der Waals surface area contributed by atoms with Crippen molar-refractivity contribution < 1.29 is 5.11 Å². The first-order chi connectivity index (χ1) is 30.8. The summed E-state index contributed by atoms with van der Waals surface area (Å²) in [6, 6.07) is 1.88. The summed E-state index contributed by atoms with van der Waals surface area (Å²) < 4.78 is 6.73. The van der Waals surface area contributed by atoms with Crippen molar-refractivity contribution in [2.45, 2.75) is 156 Å². The van der Waals surface area contributed by atoms with Crippen molar-refractivity contribution in [3.63, 3.8) is 0 Å². The van der Waals surface area contributed by atoms with E-state index >= 15 is 0 Å². The maximum atomic E-state index is 9.04. The van der Waals surface area contributed by atoms with Gasteiger partial charge in [-0.1, -0.05) is 51.3 Å². The Kier molecular flexibility index (Phi) is 47.7. The van der Waals surface area contributed by atoms with Gasteiger partial charge in [-0.3, -0.25) is 0 Å². The highest BCUT2D eigenvalue weighted by Gasteiger charge is 2.21. The van der Waals surface area contributed by atoms with Crippen LogP contribution >= 0.6 is 55.5 Å². The number of piperidine rings is 5. The predicted octanol–water partition coefficient (Wildman–Crippen LogP) is 8.63. The lowest BCUT2D eigenvalue weighted by Crippen LogP contribution is -2.37. The van der Waals surface area contributed by atoms with Gasteiger partial charge in [0, 0.05) is 86.2 Å². The van der Waals surface area contributed by atoms with E-state index in [1.807, 2.05) is 74.7 Å². The third-order valence-electron chi connectivity index (χ3n) is 11.9. The van der Waals surface area contributed by atoms with Crippen LogP contribution in [0.4, 0.5) is 0 Å². The maximum Gasteiger partial charge on any atom is 0.205 e. The van der Waals surface area contributed by atoms with Crippen LogP contribution in [0.3, 0.4) is 0 Å². The average molecular weight is 1120 g/mol. The zero-order valence-corrected chi connectivity index (χ0v) is 51.6. The number of nitrogens with zero attached hydrogens (tertiary/aromatic N) is 11. The van der Waals surface area contributed by atoms with Crippen LogP contribution in [0.1, 0.15) is 120 Å². The van der Waals surface area contributed by atoms with Gasteiger partial charge in [-0.15, -0.1) is 0 Å². The summed E-state index contributed by atoms with van der Waals surface area (Å²) in [5, 5.41) is 12.4. The molecule has 0 spiro atoms. The van der Waals surface area contributed by atoms with Gasteiger partial charge in [0.2, 0.25) is 7.41 Å². The van der Waals surface area contributed by atoms with Crippen LogP contribution in [0, 0.1) is 27.7 Å². The second-order valence-electron chi connectivity index (χ2n) is 18.4. The van der Waals surface area contributed by atoms with E-state index in [9.17, 15) is 0 Å². The second kappa shape index (κ2) is 44.2. The lowest BCUT2D eigenvalue weighted by Gasteiger charge is -2.32. The van der Waals surface area contributed by atoms with E-state index in [2.05, 4.69) is 126 Å². The van der Waals surface area contributed by atoms with Gasteiger partial charge in [0.15, 0.2) is 0 Å². The van der Waals surface area contributed by atoms with Gasteiger partial charge in [-0.25, -0.2) is 19.9 Å². The lowest BCUT2D eigenvalue weighted by atomic mass is 9.88. The summed E-state index contributed by atoms with van der Waals surface area (Å²) >= 11 is 3.59. The molecule has 2 radical (unpaired) electrons. The molecule has 4 aromatic heterocycles. The van der Waals surface area contributed by atoms with Crippen LogP contribution in [0.5, 0.6) is 0 Å². The molecular weight excluding hydrogens is 1010 g/mol. The number of hydrogen-bond acceptors (Lipinski definition) is 10. The molecule has 0 amide bonds. The minimum absolute atomic E-state index is 0. The molecule has 0 bridgehead atoms. The molecule has 5 fully saturated rings. The van der Waals surface area contributed by atoms with Crippen molar-refractivity contribution in [3.05, 3.63) is 72.9 Å². The molecule has 14 nitrogen and oxygen atoms in total. The number of hydrogen-bond donors (Lipinski definition) is 3. The highest BCUT2D eigenvalue weighted by Crippen LogP contribution is 2.22. The third-order valence-corrected chi connectivity index (χ3v) is 12.7. The number of nitrogens with one attached hydrogen (secondary N) is 2. The number of imidazole rings is 4. The molecule has 9 atom stereocenters. The van der Waals surface area contributed by atoms with E-state index in [1.165, 1.54) is 84.1 Å². The number of rotatable bonds is 4. The first-order valence-electron chi connectivity index (χ1n) is 24.1. The van der Waals surface area contributed by atoms with Crippen LogP contribution in [0.15, 0.2) is 50.1 Å². The quantitative estimate of drug-likeness (QED) is 0.104. The minimum Gasteiger partial charge on any atom is -0.392 e. The molecule has 70 heavy (non-hydrogen) atoms. The number of halogens is 1. The van der Waals surface area contributed by atoms with Crippen molar-refractivity contribution in [1.29, 1.82) is 0 Å². The van der Waals surface area contributed by atoms with Crippen LogP contribution in [-0.2, 0) is 0 Å². The van der Waals surface area contributed by atoms with Crippen LogP contribution < -0.4 is 5.32 Å².